The molecule has 0 saturated carbocycles. The maximum absolute atomic E-state index is 5.68. The van der Waals surface area contributed by atoms with E-state index in [0.717, 1.165) is 18.1 Å². The molecule has 1 rings (SSSR count). The van der Waals surface area contributed by atoms with E-state index in [2.05, 4.69) is 32.2 Å². The Bertz CT molecular complexity index is 370. The first-order chi connectivity index (χ1) is 10.2. The van der Waals surface area contributed by atoms with Crippen LogP contribution in [0.2, 0.25) is 0 Å². The molecule has 0 fully saturated rings. The van der Waals surface area contributed by atoms with Crippen LogP contribution in [0.5, 0.6) is 0 Å². The summed E-state index contributed by atoms with van der Waals surface area (Å²) < 4.78 is 5.68. The Balaban J connectivity index is 2.24. The fourth-order valence-corrected chi connectivity index (χ4v) is 3.09. The summed E-state index contributed by atoms with van der Waals surface area (Å²) in [4.78, 5) is 0. The summed E-state index contributed by atoms with van der Waals surface area (Å²) in [5.41, 5.74) is 1.36. The topological polar surface area (TPSA) is 25.2 Å². The molecular formula is C19H35NO. The van der Waals surface area contributed by atoms with Crippen LogP contribution in [0, 0.1) is 13.8 Å². The molecule has 1 atom stereocenters. The van der Waals surface area contributed by atoms with Crippen LogP contribution in [-0.2, 0) is 0 Å². The number of aryl methyl sites for hydroxylation is 2. The largest absolute Gasteiger partial charge is 0.466 e. The van der Waals surface area contributed by atoms with Crippen molar-refractivity contribution in [1.82, 2.24) is 5.32 Å². The normalized spacial score (nSPS) is 12.8. The third kappa shape index (κ3) is 7.17. The van der Waals surface area contributed by atoms with E-state index >= 15 is 0 Å². The minimum Gasteiger partial charge on any atom is -0.466 e. The number of rotatable bonds is 12. The zero-order valence-corrected chi connectivity index (χ0v) is 14.6. The molecule has 0 saturated heterocycles. The van der Waals surface area contributed by atoms with Crippen LogP contribution >= 0.6 is 0 Å². The van der Waals surface area contributed by atoms with E-state index < -0.39 is 0 Å². The molecule has 0 aromatic carbocycles. The number of furan rings is 1. The molecule has 0 aliphatic heterocycles. The first kappa shape index (κ1) is 18.3. The van der Waals surface area contributed by atoms with Gasteiger partial charge in [0.15, 0.2) is 0 Å². The van der Waals surface area contributed by atoms with E-state index in [1.54, 1.807) is 0 Å². The maximum atomic E-state index is 5.68. The molecule has 1 aromatic rings. The number of hydrogen-bond acceptors (Lipinski definition) is 2. The highest BCUT2D eigenvalue weighted by Gasteiger charge is 2.15. The van der Waals surface area contributed by atoms with E-state index in [1.807, 2.05) is 6.92 Å². The Morgan fingerprint density at radius 1 is 0.952 bits per heavy atom. The Kier molecular flexibility index (Phi) is 9.49. The molecule has 0 bridgehead atoms. The van der Waals surface area contributed by atoms with Crippen molar-refractivity contribution in [2.75, 3.05) is 6.54 Å². The van der Waals surface area contributed by atoms with Crippen molar-refractivity contribution < 1.29 is 4.42 Å². The number of nitrogens with one attached hydrogen (secondary N) is 1. The van der Waals surface area contributed by atoms with Crippen LogP contribution in [0.3, 0.4) is 0 Å². The summed E-state index contributed by atoms with van der Waals surface area (Å²) in [5.74, 6) is 2.11. The van der Waals surface area contributed by atoms with Crippen LogP contribution in [0.15, 0.2) is 10.5 Å². The van der Waals surface area contributed by atoms with Crippen molar-refractivity contribution in [2.45, 2.75) is 91.5 Å². The van der Waals surface area contributed by atoms with E-state index in [-0.39, 0.29) is 0 Å². The summed E-state index contributed by atoms with van der Waals surface area (Å²) in [6.45, 7) is 9.60. The summed E-state index contributed by atoms with van der Waals surface area (Å²) in [6, 6.07) is 2.67. The Hall–Kier alpha value is -0.760. The van der Waals surface area contributed by atoms with Crippen LogP contribution in [-0.4, -0.2) is 6.54 Å². The van der Waals surface area contributed by atoms with Gasteiger partial charge in [0.05, 0.1) is 0 Å². The van der Waals surface area contributed by atoms with Gasteiger partial charge in [0.25, 0.3) is 0 Å². The van der Waals surface area contributed by atoms with Gasteiger partial charge in [0.1, 0.15) is 11.5 Å². The SMILES string of the molecule is CCCCCCCCCCC(NCC)c1cc(C)oc1C. The minimum absolute atomic E-state index is 0.465. The smallest absolute Gasteiger partial charge is 0.105 e. The highest BCUT2D eigenvalue weighted by atomic mass is 16.3. The monoisotopic (exact) mass is 293 g/mol. The second kappa shape index (κ2) is 10.9. The van der Waals surface area contributed by atoms with Crippen LogP contribution in [0.1, 0.15) is 94.8 Å². The standard InChI is InChI=1S/C19H35NO/c1-5-7-8-9-10-11-12-13-14-19(20-6-2)18-15-16(3)21-17(18)4/h15,19-20H,5-14H2,1-4H3. The van der Waals surface area contributed by atoms with E-state index in [1.165, 1.54) is 63.4 Å². The summed E-state index contributed by atoms with van der Waals surface area (Å²) in [6.07, 6.45) is 12.3. The van der Waals surface area contributed by atoms with Crippen LogP contribution in [0.4, 0.5) is 0 Å². The second-order valence-electron chi connectivity index (χ2n) is 6.24. The Morgan fingerprint density at radius 3 is 2.10 bits per heavy atom. The molecule has 21 heavy (non-hydrogen) atoms. The summed E-state index contributed by atoms with van der Waals surface area (Å²) in [7, 11) is 0. The van der Waals surface area contributed by atoms with Gasteiger partial charge in [-0.25, -0.2) is 0 Å². The Labute approximate surface area is 131 Å². The molecule has 0 aliphatic carbocycles. The minimum atomic E-state index is 0.465. The van der Waals surface area contributed by atoms with E-state index in [9.17, 15) is 0 Å². The highest BCUT2D eigenvalue weighted by molar-refractivity contribution is 5.24. The van der Waals surface area contributed by atoms with Gasteiger partial charge in [0.2, 0.25) is 0 Å². The lowest BCUT2D eigenvalue weighted by atomic mass is 9.99. The van der Waals surface area contributed by atoms with Crippen molar-refractivity contribution in [2.24, 2.45) is 0 Å². The molecular weight excluding hydrogens is 258 g/mol. The van der Waals surface area contributed by atoms with Crippen molar-refractivity contribution in [3.05, 3.63) is 23.2 Å². The Morgan fingerprint density at radius 2 is 1.57 bits per heavy atom. The van der Waals surface area contributed by atoms with Gasteiger partial charge in [-0.1, -0.05) is 65.2 Å². The molecule has 2 heteroatoms. The van der Waals surface area contributed by atoms with Gasteiger partial charge in [-0.3, -0.25) is 0 Å². The molecule has 1 N–H and O–H groups in total. The average Bonchev–Trinajstić information content (AvgIpc) is 2.79. The zero-order valence-electron chi connectivity index (χ0n) is 14.6. The zero-order chi connectivity index (χ0) is 15.5. The lowest BCUT2D eigenvalue weighted by Gasteiger charge is -2.17. The van der Waals surface area contributed by atoms with Crippen LogP contribution in [0.25, 0.3) is 0 Å². The summed E-state index contributed by atoms with van der Waals surface area (Å²) in [5, 5.41) is 3.61. The lowest BCUT2D eigenvalue weighted by Crippen LogP contribution is -2.21. The molecule has 1 aromatic heterocycles. The van der Waals surface area contributed by atoms with Gasteiger partial charge >= 0.3 is 0 Å². The molecule has 0 aliphatic rings. The predicted octanol–water partition coefficient (Wildman–Crippen LogP) is 6.08. The third-order valence-electron chi connectivity index (χ3n) is 4.25. The fraction of sp³-hybridized carbons (Fsp3) is 0.789. The van der Waals surface area contributed by atoms with Crippen molar-refractivity contribution in [3.63, 3.8) is 0 Å². The first-order valence-electron chi connectivity index (χ1n) is 8.99. The molecule has 0 radical (unpaired) electrons. The van der Waals surface area contributed by atoms with Crippen molar-refractivity contribution in [3.8, 4) is 0 Å². The maximum Gasteiger partial charge on any atom is 0.105 e. The van der Waals surface area contributed by atoms with Gasteiger partial charge in [-0.15, -0.1) is 0 Å². The van der Waals surface area contributed by atoms with Gasteiger partial charge < -0.3 is 9.73 Å². The molecule has 0 amide bonds. The highest BCUT2D eigenvalue weighted by Crippen LogP contribution is 2.26. The van der Waals surface area contributed by atoms with Crippen LogP contribution < -0.4 is 5.32 Å². The molecule has 1 heterocycles. The molecule has 122 valence electrons. The number of hydrogen-bond donors (Lipinski definition) is 1. The second-order valence-corrected chi connectivity index (χ2v) is 6.24. The quantitative estimate of drug-likeness (QED) is 0.472. The van der Waals surface area contributed by atoms with Crippen molar-refractivity contribution >= 4 is 0 Å². The lowest BCUT2D eigenvalue weighted by molar-refractivity contribution is 0.456. The van der Waals surface area contributed by atoms with Crippen molar-refractivity contribution in [1.29, 1.82) is 0 Å². The van der Waals surface area contributed by atoms with E-state index in [4.69, 9.17) is 4.42 Å². The van der Waals surface area contributed by atoms with Gasteiger partial charge in [0, 0.05) is 11.6 Å². The first-order valence-corrected chi connectivity index (χ1v) is 8.99. The third-order valence-corrected chi connectivity index (χ3v) is 4.25. The van der Waals surface area contributed by atoms with E-state index in [0.29, 0.717) is 6.04 Å². The van der Waals surface area contributed by atoms with Gasteiger partial charge in [-0.05, 0) is 32.9 Å². The van der Waals surface area contributed by atoms with Gasteiger partial charge in [-0.2, -0.15) is 0 Å². The fourth-order valence-electron chi connectivity index (χ4n) is 3.09. The molecule has 1 unspecified atom stereocenters. The average molecular weight is 293 g/mol. The summed E-state index contributed by atoms with van der Waals surface area (Å²) >= 11 is 0. The number of unbranched alkanes of at least 4 members (excludes halogenated alkanes) is 7. The predicted molar refractivity (Wildman–Crippen MR) is 91.8 cm³/mol. The molecule has 0 spiro atoms. The molecule has 2 nitrogen and oxygen atoms in total.